The number of fused-ring (bicyclic) bond motifs is 1. The average Bonchev–Trinajstić information content (AvgIpc) is 3.19. The van der Waals surface area contributed by atoms with Gasteiger partial charge in [-0.05, 0) is 48.4 Å². The van der Waals surface area contributed by atoms with Crippen molar-refractivity contribution in [2.75, 3.05) is 13.2 Å². The van der Waals surface area contributed by atoms with E-state index in [4.69, 9.17) is 25.5 Å². The summed E-state index contributed by atoms with van der Waals surface area (Å²) in [5.74, 6) is 2.31. The Morgan fingerprint density at radius 1 is 1.10 bits per heavy atom. The SMILES string of the molecule is Cc1ccc(-c2ccc(/C=N\NC(=O)Cc3ccc4c(c3)OCCO4)o2)cc1Cl. The first-order valence-corrected chi connectivity index (χ1v) is 9.53. The Balaban J connectivity index is 1.35. The van der Waals surface area contributed by atoms with Gasteiger partial charge in [0.15, 0.2) is 11.5 Å². The number of carbonyl (C=O) groups is 1. The number of carbonyl (C=O) groups excluding carboxylic acids is 1. The normalized spacial score (nSPS) is 12.9. The van der Waals surface area contributed by atoms with Crippen molar-refractivity contribution in [2.45, 2.75) is 13.3 Å². The molecule has 2 aromatic carbocycles. The van der Waals surface area contributed by atoms with Crippen molar-refractivity contribution < 1.29 is 18.7 Å². The minimum atomic E-state index is -0.241. The average molecular weight is 411 g/mol. The first kappa shape index (κ1) is 19.1. The van der Waals surface area contributed by atoms with Gasteiger partial charge in [-0.15, -0.1) is 0 Å². The summed E-state index contributed by atoms with van der Waals surface area (Å²) >= 11 is 6.16. The van der Waals surface area contributed by atoms with E-state index in [-0.39, 0.29) is 12.3 Å². The van der Waals surface area contributed by atoms with E-state index < -0.39 is 0 Å². The molecule has 1 aliphatic heterocycles. The van der Waals surface area contributed by atoms with Crippen LogP contribution in [0.25, 0.3) is 11.3 Å². The molecule has 0 saturated carbocycles. The zero-order valence-corrected chi connectivity index (χ0v) is 16.5. The summed E-state index contributed by atoms with van der Waals surface area (Å²) in [6, 6.07) is 14.8. The van der Waals surface area contributed by atoms with Gasteiger partial charge in [0, 0.05) is 10.6 Å². The molecule has 6 nitrogen and oxygen atoms in total. The minimum Gasteiger partial charge on any atom is -0.486 e. The van der Waals surface area contributed by atoms with Crippen LogP contribution < -0.4 is 14.9 Å². The number of rotatable bonds is 5. The number of aryl methyl sites for hydroxylation is 1. The van der Waals surface area contributed by atoms with E-state index in [1.807, 2.05) is 49.4 Å². The molecule has 29 heavy (non-hydrogen) atoms. The van der Waals surface area contributed by atoms with Crippen LogP contribution in [0.15, 0.2) is 58.0 Å². The van der Waals surface area contributed by atoms with E-state index >= 15 is 0 Å². The first-order chi connectivity index (χ1) is 14.1. The predicted molar refractivity (Wildman–Crippen MR) is 111 cm³/mol. The highest BCUT2D eigenvalue weighted by Gasteiger charge is 2.13. The summed E-state index contributed by atoms with van der Waals surface area (Å²) in [7, 11) is 0. The van der Waals surface area contributed by atoms with Gasteiger partial charge in [0.1, 0.15) is 24.7 Å². The Morgan fingerprint density at radius 3 is 2.76 bits per heavy atom. The third kappa shape index (κ3) is 4.60. The second-order valence-corrected chi connectivity index (χ2v) is 7.02. The van der Waals surface area contributed by atoms with Gasteiger partial charge in [0.05, 0.1) is 12.6 Å². The molecule has 1 aliphatic rings. The smallest absolute Gasteiger partial charge is 0.244 e. The van der Waals surface area contributed by atoms with E-state index in [0.717, 1.165) is 16.7 Å². The van der Waals surface area contributed by atoms with Crippen LogP contribution in [0.3, 0.4) is 0 Å². The number of furan rings is 1. The lowest BCUT2D eigenvalue weighted by Gasteiger charge is -2.18. The molecule has 0 unspecified atom stereocenters. The van der Waals surface area contributed by atoms with Crippen LogP contribution in [0.2, 0.25) is 5.02 Å². The zero-order chi connectivity index (χ0) is 20.2. The number of halogens is 1. The number of hydrazone groups is 1. The molecule has 1 N–H and O–H groups in total. The topological polar surface area (TPSA) is 73.1 Å². The minimum absolute atomic E-state index is 0.180. The largest absolute Gasteiger partial charge is 0.486 e. The Kier molecular flexibility index (Phi) is 5.53. The summed E-state index contributed by atoms with van der Waals surface area (Å²) < 4.78 is 16.7. The Morgan fingerprint density at radius 2 is 1.93 bits per heavy atom. The van der Waals surface area contributed by atoms with Crippen molar-refractivity contribution >= 4 is 23.7 Å². The molecule has 0 bridgehead atoms. The number of amides is 1. The van der Waals surface area contributed by atoms with Gasteiger partial charge >= 0.3 is 0 Å². The van der Waals surface area contributed by atoms with Crippen molar-refractivity contribution in [2.24, 2.45) is 5.10 Å². The third-order valence-corrected chi connectivity index (χ3v) is 4.84. The van der Waals surface area contributed by atoms with Crippen LogP contribution in [0, 0.1) is 6.92 Å². The second kappa shape index (κ2) is 8.41. The van der Waals surface area contributed by atoms with Crippen LogP contribution in [-0.2, 0) is 11.2 Å². The third-order valence-electron chi connectivity index (χ3n) is 4.44. The summed E-state index contributed by atoms with van der Waals surface area (Å²) in [4.78, 5) is 12.1. The molecule has 3 aromatic rings. The Labute approximate surface area is 173 Å². The van der Waals surface area contributed by atoms with Crippen molar-refractivity contribution in [1.82, 2.24) is 5.43 Å². The number of benzene rings is 2. The van der Waals surface area contributed by atoms with Gasteiger partial charge < -0.3 is 13.9 Å². The van der Waals surface area contributed by atoms with Crippen LogP contribution in [-0.4, -0.2) is 25.3 Å². The maximum atomic E-state index is 12.1. The van der Waals surface area contributed by atoms with E-state index in [1.54, 1.807) is 6.07 Å². The van der Waals surface area contributed by atoms with E-state index in [9.17, 15) is 4.79 Å². The summed E-state index contributed by atoms with van der Waals surface area (Å²) in [5.41, 5.74) is 5.20. The molecule has 4 rings (SSSR count). The fourth-order valence-electron chi connectivity index (χ4n) is 2.91. The van der Waals surface area contributed by atoms with Crippen LogP contribution in [0.5, 0.6) is 11.5 Å². The molecule has 0 fully saturated rings. The first-order valence-electron chi connectivity index (χ1n) is 9.15. The summed E-state index contributed by atoms with van der Waals surface area (Å²) in [6.45, 7) is 2.99. The highest BCUT2D eigenvalue weighted by molar-refractivity contribution is 6.31. The zero-order valence-electron chi connectivity index (χ0n) is 15.8. The molecule has 2 heterocycles. The lowest BCUT2D eigenvalue weighted by atomic mass is 10.1. The molecule has 0 atom stereocenters. The van der Waals surface area contributed by atoms with E-state index in [2.05, 4.69) is 10.5 Å². The van der Waals surface area contributed by atoms with E-state index in [0.29, 0.717) is 41.3 Å². The van der Waals surface area contributed by atoms with Crippen LogP contribution in [0.4, 0.5) is 0 Å². The lowest BCUT2D eigenvalue weighted by Crippen LogP contribution is -2.20. The molecular weight excluding hydrogens is 392 g/mol. The molecule has 148 valence electrons. The highest BCUT2D eigenvalue weighted by atomic mass is 35.5. The molecule has 0 radical (unpaired) electrons. The number of nitrogens with one attached hydrogen (secondary N) is 1. The van der Waals surface area contributed by atoms with Gasteiger partial charge in [0.25, 0.3) is 0 Å². The second-order valence-electron chi connectivity index (χ2n) is 6.61. The van der Waals surface area contributed by atoms with Crippen molar-refractivity contribution in [1.29, 1.82) is 0 Å². The van der Waals surface area contributed by atoms with Crippen molar-refractivity contribution in [3.8, 4) is 22.8 Å². The summed E-state index contributed by atoms with van der Waals surface area (Å²) in [5, 5.41) is 4.64. The fraction of sp³-hybridized carbons (Fsp3) is 0.182. The molecule has 1 amide bonds. The number of ether oxygens (including phenoxy) is 2. The monoisotopic (exact) mass is 410 g/mol. The molecule has 7 heteroatoms. The highest BCUT2D eigenvalue weighted by Crippen LogP contribution is 2.31. The predicted octanol–water partition coefficient (Wildman–Crippen LogP) is 4.37. The molecule has 0 spiro atoms. The quantitative estimate of drug-likeness (QED) is 0.500. The maximum absolute atomic E-state index is 12.1. The number of hydrogen-bond donors (Lipinski definition) is 1. The fourth-order valence-corrected chi connectivity index (χ4v) is 3.09. The number of hydrogen-bond acceptors (Lipinski definition) is 5. The van der Waals surface area contributed by atoms with Gasteiger partial charge in [-0.3, -0.25) is 4.79 Å². The van der Waals surface area contributed by atoms with Crippen LogP contribution >= 0.6 is 11.6 Å². The van der Waals surface area contributed by atoms with Gasteiger partial charge in [-0.1, -0.05) is 29.8 Å². The maximum Gasteiger partial charge on any atom is 0.244 e. The number of nitrogens with zero attached hydrogens (tertiary/aromatic N) is 1. The van der Waals surface area contributed by atoms with Gasteiger partial charge in [-0.2, -0.15) is 5.10 Å². The van der Waals surface area contributed by atoms with Crippen molar-refractivity contribution in [3.63, 3.8) is 0 Å². The molecule has 1 aromatic heterocycles. The summed E-state index contributed by atoms with van der Waals surface area (Å²) in [6.07, 6.45) is 1.64. The molecular formula is C22H19ClN2O4. The Bertz CT molecular complexity index is 1070. The molecule has 0 aliphatic carbocycles. The standard InChI is InChI=1S/C22H19ClN2O4/c1-14-2-4-16(12-18(14)23)19-7-5-17(29-19)13-24-25-22(26)11-15-3-6-20-21(10-15)28-9-8-27-20/h2-7,10,12-13H,8-9,11H2,1H3,(H,25,26)/b24-13-. The lowest BCUT2D eigenvalue weighted by molar-refractivity contribution is -0.120. The van der Waals surface area contributed by atoms with Gasteiger partial charge in [-0.25, -0.2) is 5.43 Å². The van der Waals surface area contributed by atoms with Crippen molar-refractivity contribution in [3.05, 3.63) is 70.4 Å². The Hall–Kier alpha value is -3.25. The van der Waals surface area contributed by atoms with Gasteiger partial charge in [0.2, 0.25) is 5.91 Å². The molecule has 0 saturated heterocycles. The van der Waals surface area contributed by atoms with E-state index in [1.165, 1.54) is 6.21 Å². The van der Waals surface area contributed by atoms with Crippen LogP contribution in [0.1, 0.15) is 16.9 Å².